The Labute approximate surface area is 164 Å². The number of nitriles is 1. The lowest BCUT2D eigenvalue weighted by molar-refractivity contribution is -0.117. The molecule has 0 saturated heterocycles. The average Bonchev–Trinajstić information content (AvgIpc) is 3.11. The van der Waals surface area contributed by atoms with Crippen LogP contribution in [-0.2, 0) is 31.2 Å². The van der Waals surface area contributed by atoms with Crippen LogP contribution in [-0.4, -0.2) is 34.2 Å². The molecular weight excluding hydrogens is 358 g/mol. The zero-order valence-electron chi connectivity index (χ0n) is 16.5. The van der Waals surface area contributed by atoms with Gasteiger partial charge in [0, 0.05) is 30.2 Å². The highest BCUT2D eigenvalue weighted by Gasteiger charge is 2.25. The maximum Gasteiger partial charge on any atom is 0.239 e. The molecule has 1 amide bonds. The third-order valence-electron chi connectivity index (χ3n) is 5.28. The van der Waals surface area contributed by atoms with Gasteiger partial charge in [0.05, 0.1) is 17.8 Å². The smallest absolute Gasteiger partial charge is 0.239 e. The van der Waals surface area contributed by atoms with Gasteiger partial charge in [-0.1, -0.05) is 13.3 Å². The largest absolute Gasteiger partial charge is 0.315 e. The number of anilines is 1. The van der Waals surface area contributed by atoms with Crippen molar-refractivity contribution in [2.45, 2.75) is 46.1 Å². The lowest BCUT2D eigenvalue weighted by Gasteiger charge is -2.20. The van der Waals surface area contributed by atoms with Crippen LogP contribution in [0.1, 0.15) is 47.0 Å². The van der Waals surface area contributed by atoms with Crippen molar-refractivity contribution >= 4 is 22.2 Å². The van der Waals surface area contributed by atoms with Crippen LogP contribution < -0.4 is 5.32 Å². The number of carbonyl (C=O) groups is 1. The van der Waals surface area contributed by atoms with Gasteiger partial charge in [-0.25, -0.2) is 0 Å². The summed E-state index contributed by atoms with van der Waals surface area (Å²) in [6.45, 7) is 5.13. The monoisotopic (exact) mass is 385 g/mol. The van der Waals surface area contributed by atoms with Crippen molar-refractivity contribution in [1.29, 1.82) is 5.26 Å². The van der Waals surface area contributed by atoms with E-state index in [1.807, 2.05) is 32.1 Å². The molecule has 1 unspecified atom stereocenters. The van der Waals surface area contributed by atoms with Crippen molar-refractivity contribution in [1.82, 2.24) is 14.7 Å². The van der Waals surface area contributed by atoms with Crippen molar-refractivity contribution in [3.05, 3.63) is 33.5 Å². The standard InChI is InChI=1S/C20H27N5OS/c1-5-14-6-7-16-17(9-21)20(27-18(16)8-14)22-19(26)12-24(3)10-15-11-25(4)23-13(15)2/h11,14H,5-8,10,12H2,1-4H3,(H,22,26). The highest BCUT2D eigenvalue weighted by molar-refractivity contribution is 7.16. The van der Waals surface area contributed by atoms with Gasteiger partial charge < -0.3 is 5.32 Å². The van der Waals surface area contributed by atoms with Gasteiger partial charge in [-0.2, -0.15) is 10.4 Å². The van der Waals surface area contributed by atoms with E-state index < -0.39 is 0 Å². The van der Waals surface area contributed by atoms with Crippen LogP contribution in [0.3, 0.4) is 0 Å². The Bertz CT molecular complexity index is 876. The van der Waals surface area contributed by atoms with Crippen molar-refractivity contribution in [2.75, 3.05) is 18.9 Å². The molecule has 3 rings (SSSR count). The number of hydrogen-bond acceptors (Lipinski definition) is 5. The van der Waals surface area contributed by atoms with Crippen molar-refractivity contribution in [2.24, 2.45) is 13.0 Å². The lowest BCUT2D eigenvalue weighted by atomic mass is 9.86. The summed E-state index contributed by atoms with van der Waals surface area (Å²) >= 11 is 1.58. The number of hydrogen-bond donors (Lipinski definition) is 1. The Balaban J connectivity index is 1.65. The molecule has 0 fully saturated rings. The highest BCUT2D eigenvalue weighted by atomic mass is 32.1. The first-order valence-corrected chi connectivity index (χ1v) is 10.2. The molecule has 0 bridgehead atoms. The third kappa shape index (κ3) is 4.40. The molecule has 6 nitrogen and oxygen atoms in total. The molecule has 1 aliphatic carbocycles. The Morgan fingerprint density at radius 2 is 2.33 bits per heavy atom. The fourth-order valence-corrected chi connectivity index (χ4v) is 5.10. The maximum absolute atomic E-state index is 12.5. The Morgan fingerprint density at radius 1 is 1.56 bits per heavy atom. The van der Waals surface area contributed by atoms with E-state index >= 15 is 0 Å². The second-order valence-corrected chi connectivity index (χ2v) is 8.58. The highest BCUT2D eigenvalue weighted by Crippen LogP contribution is 2.39. The molecule has 0 aliphatic heterocycles. The summed E-state index contributed by atoms with van der Waals surface area (Å²) in [5.74, 6) is 0.612. The first-order chi connectivity index (χ1) is 12.9. The molecule has 144 valence electrons. The summed E-state index contributed by atoms with van der Waals surface area (Å²) in [5.41, 5.74) is 3.92. The number of aromatic nitrogens is 2. The summed E-state index contributed by atoms with van der Waals surface area (Å²) < 4.78 is 1.79. The fraction of sp³-hybridized carbons (Fsp3) is 0.550. The number of thiophene rings is 1. The Hall–Kier alpha value is -2.17. The zero-order chi connectivity index (χ0) is 19.6. The van der Waals surface area contributed by atoms with E-state index in [1.165, 1.54) is 11.3 Å². The van der Waals surface area contributed by atoms with Crippen LogP contribution in [0.4, 0.5) is 5.00 Å². The number of nitrogens with one attached hydrogen (secondary N) is 1. The van der Waals surface area contributed by atoms with Crippen LogP contribution in [0.2, 0.25) is 0 Å². The van der Waals surface area contributed by atoms with Gasteiger partial charge in [-0.05, 0) is 44.7 Å². The Kier molecular flexibility index (Phi) is 5.98. The third-order valence-corrected chi connectivity index (χ3v) is 6.45. The molecule has 0 radical (unpaired) electrons. The first-order valence-electron chi connectivity index (χ1n) is 9.43. The first kappa shape index (κ1) is 19.6. The molecular formula is C20H27N5OS. The molecule has 1 aliphatic rings. The van der Waals surface area contributed by atoms with Gasteiger partial charge in [0.15, 0.2) is 0 Å². The molecule has 27 heavy (non-hydrogen) atoms. The molecule has 0 spiro atoms. The molecule has 2 aromatic heterocycles. The number of nitrogens with zero attached hydrogens (tertiary/aromatic N) is 4. The van der Waals surface area contributed by atoms with Gasteiger partial charge in [0.25, 0.3) is 0 Å². The van der Waals surface area contributed by atoms with Gasteiger partial charge in [0.1, 0.15) is 11.1 Å². The minimum absolute atomic E-state index is 0.0822. The molecule has 7 heteroatoms. The number of amides is 1. The van der Waals surface area contributed by atoms with Gasteiger partial charge in [-0.3, -0.25) is 14.4 Å². The average molecular weight is 386 g/mol. The number of rotatable bonds is 6. The van der Waals surface area contributed by atoms with Crippen molar-refractivity contribution < 1.29 is 4.79 Å². The topological polar surface area (TPSA) is 74.0 Å². The van der Waals surface area contributed by atoms with Crippen molar-refractivity contribution in [3.63, 3.8) is 0 Å². The number of fused-ring (bicyclic) bond motifs is 1. The van der Waals surface area contributed by atoms with Crippen LogP contribution in [0.5, 0.6) is 0 Å². The summed E-state index contributed by atoms with van der Waals surface area (Å²) in [6.07, 6.45) is 6.26. The van der Waals surface area contributed by atoms with E-state index in [9.17, 15) is 10.1 Å². The van der Waals surface area contributed by atoms with E-state index in [0.29, 0.717) is 18.0 Å². The van der Waals surface area contributed by atoms with E-state index in [-0.39, 0.29) is 12.5 Å². The molecule has 0 saturated carbocycles. The zero-order valence-corrected chi connectivity index (χ0v) is 17.3. The number of carbonyl (C=O) groups excluding carboxylic acids is 1. The van der Waals surface area contributed by atoms with Crippen LogP contribution in [0, 0.1) is 24.2 Å². The second kappa shape index (κ2) is 8.24. The summed E-state index contributed by atoms with van der Waals surface area (Å²) in [7, 11) is 3.82. The molecule has 2 aromatic rings. The maximum atomic E-state index is 12.5. The predicted octanol–water partition coefficient (Wildman–Crippen LogP) is 3.25. The van der Waals surface area contributed by atoms with E-state index in [1.54, 1.807) is 16.0 Å². The lowest BCUT2D eigenvalue weighted by Crippen LogP contribution is -2.29. The van der Waals surface area contributed by atoms with Gasteiger partial charge in [0.2, 0.25) is 5.91 Å². The van der Waals surface area contributed by atoms with E-state index in [4.69, 9.17) is 0 Å². The summed E-state index contributed by atoms with van der Waals surface area (Å²) in [5, 5.41) is 17.6. The molecule has 1 N–H and O–H groups in total. The number of aryl methyl sites for hydroxylation is 2. The quantitative estimate of drug-likeness (QED) is 0.828. The minimum atomic E-state index is -0.0822. The van der Waals surface area contributed by atoms with E-state index in [2.05, 4.69) is 23.4 Å². The molecule has 1 atom stereocenters. The normalized spacial score (nSPS) is 16.2. The van der Waals surface area contributed by atoms with Gasteiger partial charge in [-0.15, -0.1) is 11.3 Å². The molecule has 2 heterocycles. The SMILES string of the molecule is CCC1CCc2c(sc(NC(=O)CN(C)Cc3cn(C)nc3C)c2C#N)C1. The number of likely N-dealkylation sites (N-methyl/N-ethyl adjacent to an activating group) is 1. The minimum Gasteiger partial charge on any atom is -0.315 e. The summed E-state index contributed by atoms with van der Waals surface area (Å²) in [4.78, 5) is 15.8. The van der Waals surface area contributed by atoms with Crippen LogP contribution in [0.25, 0.3) is 0 Å². The van der Waals surface area contributed by atoms with Crippen molar-refractivity contribution in [3.8, 4) is 6.07 Å². The van der Waals surface area contributed by atoms with E-state index in [0.717, 1.165) is 41.1 Å². The fourth-order valence-electron chi connectivity index (χ4n) is 3.77. The molecule has 0 aromatic carbocycles. The Morgan fingerprint density at radius 3 is 2.96 bits per heavy atom. The van der Waals surface area contributed by atoms with Gasteiger partial charge >= 0.3 is 0 Å². The summed E-state index contributed by atoms with van der Waals surface area (Å²) in [6, 6.07) is 2.32. The second-order valence-electron chi connectivity index (χ2n) is 7.47. The van der Waals surface area contributed by atoms with Crippen LogP contribution >= 0.6 is 11.3 Å². The predicted molar refractivity (Wildman–Crippen MR) is 108 cm³/mol. The van der Waals surface area contributed by atoms with Crippen LogP contribution in [0.15, 0.2) is 6.20 Å².